The van der Waals surface area contributed by atoms with Crippen LogP contribution in [0.4, 0.5) is 28.0 Å². The number of carbonyl (C=O) groups is 1. The molecule has 0 radical (unpaired) electrons. The van der Waals surface area contributed by atoms with Crippen LogP contribution in [0.3, 0.4) is 0 Å². The molecule has 3 fully saturated rings. The highest BCUT2D eigenvalue weighted by Gasteiger charge is 2.52. The number of nitrogens with zero attached hydrogens (tertiary/aromatic N) is 1. The normalized spacial score (nSPS) is 25.5. The Hall–Kier alpha value is -3.01. The molecule has 0 spiro atoms. The maximum Gasteiger partial charge on any atom is 0.416 e. The lowest BCUT2D eigenvalue weighted by Crippen LogP contribution is -2.53. The van der Waals surface area contributed by atoms with Crippen molar-refractivity contribution in [3.63, 3.8) is 0 Å². The number of rotatable bonds is 7. The van der Waals surface area contributed by atoms with Crippen molar-refractivity contribution in [3.8, 4) is 11.5 Å². The van der Waals surface area contributed by atoms with Gasteiger partial charge in [0.1, 0.15) is 5.82 Å². The summed E-state index contributed by atoms with van der Waals surface area (Å²) in [5, 5.41) is 5.32. The quantitative estimate of drug-likeness (QED) is 0.430. The smallest absolute Gasteiger partial charge is 0.416 e. The van der Waals surface area contributed by atoms with Crippen LogP contribution in [-0.2, 0) is 11.6 Å². The fraction of sp³-hybridized carbons (Fsp3) is 0.536. The van der Waals surface area contributed by atoms with Crippen molar-refractivity contribution in [2.45, 2.75) is 62.2 Å². The molecule has 3 aliphatic rings. The third-order valence-electron chi connectivity index (χ3n) is 8.34. The van der Waals surface area contributed by atoms with E-state index in [4.69, 9.17) is 9.47 Å². The highest BCUT2D eigenvalue weighted by molar-refractivity contribution is 5.89. The topological polar surface area (TPSA) is 62.8 Å². The molecule has 2 N–H and O–H groups in total. The summed E-state index contributed by atoms with van der Waals surface area (Å²) in [7, 11) is 3.24. The molecule has 6 nitrogen and oxygen atoms in total. The summed E-state index contributed by atoms with van der Waals surface area (Å²) in [5.74, 6) is 1.01. The van der Waals surface area contributed by atoms with E-state index in [1.54, 1.807) is 14.2 Å². The number of ether oxygens (including phenoxy) is 2. The van der Waals surface area contributed by atoms with Gasteiger partial charge in [-0.25, -0.2) is 9.18 Å². The molecule has 2 aromatic rings. The van der Waals surface area contributed by atoms with Gasteiger partial charge in [0.05, 0.1) is 19.8 Å². The van der Waals surface area contributed by atoms with Gasteiger partial charge in [0, 0.05) is 29.7 Å². The van der Waals surface area contributed by atoms with Crippen LogP contribution in [0, 0.1) is 11.7 Å². The summed E-state index contributed by atoms with van der Waals surface area (Å²) in [6, 6.07) is 7.54. The first kappa shape index (κ1) is 26.6. The standard InChI is InChI=1S/C28H33F4N3O3/c1-37-23-6-5-18(13-24(23)38-2)27-8-7-21(15-25(27)35(10-9-27)16-17-3-4-17)33-26(36)34-22-12-19(28(30,31)32)11-20(29)14-22/h5-6,11-14,17,21,25H,3-4,7-10,15-16H2,1-2H3,(H2,33,34,36). The Morgan fingerprint density at radius 1 is 1.05 bits per heavy atom. The number of anilines is 1. The number of nitrogens with one attached hydrogen (secondary N) is 2. The van der Waals surface area contributed by atoms with E-state index >= 15 is 0 Å². The second-order valence-corrected chi connectivity index (χ2v) is 10.7. The van der Waals surface area contributed by atoms with Gasteiger partial charge in [-0.3, -0.25) is 4.90 Å². The molecular formula is C28H33F4N3O3. The van der Waals surface area contributed by atoms with E-state index in [2.05, 4.69) is 27.7 Å². The third-order valence-corrected chi connectivity index (χ3v) is 8.34. The van der Waals surface area contributed by atoms with Crippen LogP contribution in [0.1, 0.15) is 49.7 Å². The summed E-state index contributed by atoms with van der Waals surface area (Å²) in [4.78, 5) is 15.3. The Morgan fingerprint density at radius 2 is 1.82 bits per heavy atom. The number of fused-ring (bicyclic) bond motifs is 1. The zero-order valence-electron chi connectivity index (χ0n) is 21.5. The monoisotopic (exact) mass is 535 g/mol. The van der Waals surface area contributed by atoms with Gasteiger partial charge in [-0.15, -0.1) is 0 Å². The number of halogens is 4. The fourth-order valence-corrected chi connectivity index (χ4v) is 6.29. The number of methoxy groups -OCH3 is 2. The summed E-state index contributed by atoms with van der Waals surface area (Å²) in [6.07, 6.45) is 1.05. The summed E-state index contributed by atoms with van der Waals surface area (Å²) in [5.41, 5.74) is -0.276. The van der Waals surface area contributed by atoms with Gasteiger partial charge >= 0.3 is 12.2 Å². The molecule has 1 saturated heterocycles. The van der Waals surface area contributed by atoms with Crippen molar-refractivity contribution in [1.82, 2.24) is 10.2 Å². The van der Waals surface area contributed by atoms with Crippen molar-refractivity contribution in [2.75, 3.05) is 32.6 Å². The Labute approximate surface area is 219 Å². The van der Waals surface area contributed by atoms with Crippen molar-refractivity contribution in [3.05, 3.63) is 53.3 Å². The number of amides is 2. The molecule has 0 bridgehead atoms. The Balaban J connectivity index is 1.33. The largest absolute Gasteiger partial charge is 0.493 e. The number of carbonyl (C=O) groups excluding carboxylic acids is 1. The lowest BCUT2D eigenvalue weighted by molar-refractivity contribution is -0.137. The molecule has 1 heterocycles. The maximum atomic E-state index is 13.8. The highest BCUT2D eigenvalue weighted by atomic mass is 19.4. The van der Waals surface area contributed by atoms with Crippen LogP contribution in [-0.4, -0.2) is 50.3 Å². The number of benzene rings is 2. The second kappa shape index (κ2) is 10.3. The van der Waals surface area contributed by atoms with E-state index < -0.39 is 23.6 Å². The Kier molecular flexibility index (Phi) is 7.19. The number of likely N-dealkylation sites (tertiary alicyclic amines) is 1. The average molecular weight is 536 g/mol. The SMILES string of the molecule is COc1ccc(C23CCC(NC(=O)Nc4cc(F)cc(C(F)(F)F)c4)CC2N(CC2CC2)CC3)cc1OC. The molecule has 5 rings (SSSR count). The molecule has 10 heteroatoms. The molecule has 3 atom stereocenters. The van der Waals surface area contributed by atoms with Crippen LogP contribution in [0.25, 0.3) is 0 Å². The first-order valence-electron chi connectivity index (χ1n) is 13.0. The van der Waals surface area contributed by atoms with Gasteiger partial charge in [-0.1, -0.05) is 6.07 Å². The van der Waals surface area contributed by atoms with Gasteiger partial charge in [0.25, 0.3) is 0 Å². The van der Waals surface area contributed by atoms with Crippen molar-refractivity contribution in [2.24, 2.45) is 5.92 Å². The maximum absolute atomic E-state index is 13.8. The molecular weight excluding hydrogens is 502 g/mol. The predicted molar refractivity (Wildman–Crippen MR) is 135 cm³/mol. The van der Waals surface area contributed by atoms with Crippen LogP contribution in [0.2, 0.25) is 0 Å². The van der Waals surface area contributed by atoms with Gasteiger partial charge in [0.2, 0.25) is 0 Å². The number of hydrogen-bond acceptors (Lipinski definition) is 4. The van der Waals surface area contributed by atoms with E-state index in [0.29, 0.717) is 36.3 Å². The second-order valence-electron chi connectivity index (χ2n) is 10.7. The predicted octanol–water partition coefficient (Wildman–Crippen LogP) is 5.96. The zero-order valence-corrected chi connectivity index (χ0v) is 21.5. The van der Waals surface area contributed by atoms with Crippen molar-refractivity contribution >= 4 is 11.7 Å². The van der Waals surface area contributed by atoms with E-state index in [0.717, 1.165) is 38.1 Å². The first-order valence-corrected chi connectivity index (χ1v) is 13.0. The van der Waals surface area contributed by atoms with E-state index in [1.807, 2.05) is 6.07 Å². The van der Waals surface area contributed by atoms with Crippen LogP contribution in [0.15, 0.2) is 36.4 Å². The van der Waals surface area contributed by atoms with Crippen LogP contribution < -0.4 is 20.1 Å². The number of urea groups is 1. The van der Waals surface area contributed by atoms with Gasteiger partial charge in [-0.05, 0) is 86.9 Å². The van der Waals surface area contributed by atoms with Crippen molar-refractivity contribution in [1.29, 1.82) is 0 Å². The Bertz CT molecular complexity index is 1190. The minimum Gasteiger partial charge on any atom is -0.493 e. The lowest BCUT2D eigenvalue weighted by atomic mass is 9.65. The van der Waals surface area contributed by atoms with Crippen LogP contribution >= 0.6 is 0 Å². The van der Waals surface area contributed by atoms with Gasteiger partial charge in [-0.2, -0.15) is 13.2 Å². The number of hydrogen-bond donors (Lipinski definition) is 2. The minimum absolute atomic E-state index is 0.0900. The summed E-state index contributed by atoms with van der Waals surface area (Å²) >= 11 is 0. The average Bonchev–Trinajstić information content (AvgIpc) is 3.62. The highest BCUT2D eigenvalue weighted by Crippen LogP contribution is 2.51. The van der Waals surface area contributed by atoms with Crippen LogP contribution in [0.5, 0.6) is 11.5 Å². The Morgan fingerprint density at radius 3 is 2.50 bits per heavy atom. The van der Waals surface area contributed by atoms with E-state index in [1.165, 1.54) is 18.4 Å². The fourth-order valence-electron chi connectivity index (χ4n) is 6.29. The molecule has 2 aliphatic carbocycles. The molecule has 2 amide bonds. The molecule has 38 heavy (non-hydrogen) atoms. The molecule has 3 unspecified atom stereocenters. The summed E-state index contributed by atoms with van der Waals surface area (Å²) < 4.78 is 64.0. The minimum atomic E-state index is -4.71. The number of alkyl halides is 3. The summed E-state index contributed by atoms with van der Waals surface area (Å²) in [6.45, 7) is 2.00. The lowest BCUT2D eigenvalue weighted by Gasteiger charge is -2.45. The molecule has 0 aromatic heterocycles. The molecule has 206 valence electrons. The van der Waals surface area contributed by atoms with Crippen molar-refractivity contribution < 1.29 is 31.8 Å². The zero-order chi connectivity index (χ0) is 27.1. The molecule has 2 aromatic carbocycles. The third kappa shape index (κ3) is 5.41. The first-order chi connectivity index (χ1) is 18.1. The molecule has 1 aliphatic heterocycles. The van der Waals surface area contributed by atoms with Gasteiger partial charge in [0.15, 0.2) is 11.5 Å². The van der Waals surface area contributed by atoms with E-state index in [-0.39, 0.29) is 23.2 Å². The molecule has 2 saturated carbocycles. The van der Waals surface area contributed by atoms with Gasteiger partial charge < -0.3 is 20.1 Å². The van der Waals surface area contributed by atoms with E-state index in [9.17, 15) is 22.4 Å².